The molecule has 0 aliphatic carbocycles. The molecule has 0 spiro atoms. The molecular formula is C21H23FN4O3S. The molecule has 3 rings (SSSR count). The normalized spacial score (nSPS) is 11.1. The van der Waals surface area contributed by atoms with E-state index in [9.17, 15) is 18.8 Å². The van der Waals surface area contributed by atoms with Gasteiger partial charge in [0.2, 0.25) is 5.91 Å². The minimum absolute atomic E-state index is 0.100. The molecule has 1 aromatic carbocycles. The summed E-state index contributed by atoms with van der Waals surface area (Å²) in [6.07, 6.45) is 3.22. The minimum Gasteiger partial charge on any atom is -0.351 e. The zero-order valence-electron chi connectivity index (χ0n) is 17.1. The molecule has 0 aliphatic rings. The first-order valence-electron chi connectivity index (χ1n) is 9.55. The van der Waals surface area contributed by atoms with E-state index in [1.54, 1.807) is 25.4 Å². The molecule has 0 unspecified atom stereocenters. The molecule has 0 atom stereocenters. The van der Waals surface area contributed by atoms with Crippen molar-refractivity contribution < 1.29 is 9.18 Å². The van der Waals surface area contributed by atoms with Gasteiger partial charge in [0.1, 0.15) is 11.5 Å². The second-order valence-corrected chi connectivity index (χ2v) is 7.94. The quantitative estimate of drug-likeness (QED) is 0.581. The summed E-state index contributed by atoms with van der Waals surface area (Å²) in [7, 11) is 3.00. The van der Waals surface area contributed by atoms with Gasteiger partial charge >= 0.3 is 5.69 Å². The van der Waals surface area contributed by atoms with E-state index in [2.05, 4.69) is 10.3 Å². The van der Waals surface area contributed by atoms with Crippen LogP contribution in [0.3, 0.4) is 0 Å². The summed E-state index contributed by atoms with van der Waals surface area (Å²) in [5, 5.41) is 3.15. The van der Waals surface area contributed by atoms with Crippen molar-refractivity contribution in [1.82, 2.24) is 19.4 Å². The summed E-state index contributed by atoms with van der Waals surface area (Å²) < 4.78 is 15.4. The van der Waals surface area contributed by atoms with Gasteiger partial charge in [-0.05, 0) is 29.7 Å². The van der Waals surface area contributed by atoms with Gasteiger partial charge in [0.25, 0.3) is 5.56 Å². The Bertz CT molecular complexity index is 1200. The second-order valence-electron chi connectivity index (χ2n) is 6.96. The van der Waals surface area contributed by atoms with Crippen LogP contribution in [0.4, 0.5) is 4.39 Å². The van der Waals surface area contributed by atoms with Gasteiger partial charge in [-0.2, -0.15) is 0 Å². The lowest BCUT2D eigenvalue weighted by Crippen LogP contribution is -2.37. The molecular weight excluding hydrogens is 407 g/mol. The van der Waals surface area contributed by atoms with Gasteiger partial charge in [-0.25, -0.2) is 14.2 Å². The van der Waals surface area contributed by atoms with Crippen molar-refractivity contribution in [2.75, 3.05) is 5.75 Å². The maximum atomic E-state index is 13.0. The van der Waals surface area contributed by atoms with Crippen LogP contribution in [-0.4, -0.2) is 25.8 Å². The van der Waals surface area contributed by atoms with Crippen molar-refractivity contribution in [3.63, 3.8) is 0 Å². The fourth-order valence-electron chi connectivity index (χ4n) is 3.15. The van der Waals surface area contributed by atoms with Gasteiger partial charge in [0.05, 0.1) is 11.1 Å². The van der Waals surface area contributed by atoms with Crippen molar-refractivity contribution in [1.29, 1.82) is 0 Å². The largest absolute Gasteiger partial charge is 0.351 e. The lowest BCUT2D eigenvalue weighted by atomic mass is 10.1. The summed E-state index contributed by atoms with van der Waals surface area (Å²) in [4.78, 5) is 42.4. The van der Waals surface area contributed by atoms with Crippen LogP contribution in [0.25, 0.3) is 11.0 Å². The highest BCUT2D eigenvalue weighted by molar-refractivity contribution is 8.00. The van der Waals surface area contributed by atoms with E-state index in [0.717, 1.165) is 22.1 Å². The van der Waals surface area contributed by atoms with E-state index in [1.807, 2.05) is 6.92 Å². The van der Waals surface area contributed by atoms with Crippen LogP contribution >= 0.6 is 11.8 Å². The number of rotatable bonds is 7. The third-order valence-electron chi connectivity index (χ3n) is 4.76. The third-order valence-corrected chi connectivity index (χ3v) is 5.93. The molecule has 2 aromatic heterocycles. The first kappa shape index (κ1) is 21.8. The number of hydrogen-bond acceptors (Lipinski definition) is 5. The topological polar surface area (TPSA) is 86.0 Å². The molecule has 7 nitrogen and oxygen atoms in total. The summed E-state index contributed by atoms with van der Waals surface area (Å²) >= 11 is 1.26. The van der Waals surface area contributed by atoms with E-state index >= 15 is 0 Å². The van der Waals surface area contributed by atoms with Gasteiger partial charge < -0.3 is 5.32 Å². The van der Waals surface area contributed by atoms with Crippen molar-refractivity contribution in [2.45, 2.75) is 31.2 Å². The Balaban J connectivity index is 1.87. The molecule has 0 radical (unpaired) electrons. The van der Waals surface area contributed by atoms with E-state index < -0.39 is 11.2 Å². The fraction of sp³-hybridized carbons (Fsp3) is 0.333. The molecule has 1 amide bonds. The number of halogens is 1. The highest BCUT2D eigenvalue weighted by Gasteiger charge is 2.18. The van der Waals surface area contributed by atoms with Crippen LogP contribution in [-0.2, 0) is 31.9 Å². The molecule has 158 valence electrons. The standard InChI is InChI=1S/C21H23FN4O3S/c1-4-5-14-11-24-19-17(20(28)26(3)21(29)25(19)2)18(14)30-12-16(27)23-10-13-6-8-15(22)9-7-13/h6-9,11H,4-5,10,12H2,1-3H3,(H,23,27). The number of fused-ring (bicyclic) bond motifs is 1. The van der Waals surface area contributed by atoms with E-state index in [4.69, 9.17) is 0 Å². The number of thioether (sulfide) groups is 1. The average Bonchev–Trinajstić information content (AvgIpc) is 2.74. The van der Waals surface area contributed by atoms with Gasteiger partial charge in [-0.3, -0.25) is 18.7 Å². The van der Waals surface area contributed by atoms with Crippen molar-refractivity contribution >= 4 is 28.7 Å². The van der Waals surface area contributed by atoms with Gasteiger partial charge in [0.15, 0.2) is 0 Å². The smallest absolute Gasteiger partial charge is 0.332 e. The van der Waals surface area contributed by atoms with Crippen molar-refractivity contribution in [3.8, 4) is 0 Å². The lowest BCUT2D eigenvalue weighted by Gasteiger charge is -2.14. The third kappa shape index (κ3) is 4.46. The second kappa shape index (κ2) is 9.25. The first-order chi connectivity index (χ1) is 14.3. The number of nitrogens with one attached hydrogen (secondary N) is 1. The number of hydrogen-bond donors (Lipinski definition) is 1. The Morgan fingerprint density at radius 2 is 1.87 bits per heavy atom. The van der Waals surface area contributed by atoms with Crippen LogP contribution in [0, 0.1) is 5.82 Å². The van der Waals surface area contributed by atoms with Gasteiger partial charge in [0, 0.05) is 31.7 Å². The summed E-state index contributed by atoms with van der Waals surface area (Å²) in [6, 6.07) is 5.91. The molecule has 2 heterocycles. The number of aromatic nitrogens is 3. The average molecular weight is 431 g/mol. The number of carbonyl (C=O) groups excluding carboxylic acids is 1. The number of aryl methyl sites for hydroxylation is 2. The fourth-order valence-corrected chi connectivity index (χ4v) is 4.19. The van der Waals surface area contributed by atoms with Gasteiger partial charge in [-0.1, -0.05) is 25.5 Å². The molecule has 0 saturated heterocycles. The molecule has 0 fully saturated rings. The maximum Gasteiger partial charge on any atom is 0.332 e. The zero-order valence-corrected chi connectivity index (χ0v) is 17.9. The lowest BCUT2D eigenvalue weighted by molar-refractivity contribution is -0.118. The summed E-state index contributed by atoms with van der Waals surface area (Å²) in [5.41, 5.74) is 1.10. The number of amides is 1. The predicted molar refractivity (Wildman–Crippen MR) is 115 cm³/mol. The Morgan fingerprint density at radius 3 is 2.53 bits per heavy atom. The van der Waals surface area contributed by atoms with E-state index in [1.165, 1.54) is 35.5 Å². The van der Waals surface area contributed by atoms with Crippen LogP contribution in [0.2, 0.25) is 0 Å². The zero-order chi connectivity index (χ0) is 21.8. The van der Waals surface area contributed by atoms with Crippen LogP contribution < -0.4 is 16.6 Å². The highest BCUT2D eigenvalue weighted by atomic mass is 32.2. The van der Waals surface area contributed by atoms with Crippen molar-refractivity contribution in [3.05, 3.63) is 68.2 Å². The molecule has 9 heteroatoms. The molecule has 1 N–H and O–H groups in total. The molecule has 3 aromatic rings. The highest BCUT2D eigenvalue weighted by Crippen LogP contribution is 2.28. The van der Waals surface area contributed by atoms with Gasteiger partial charge in [-0.15, -0.1) is 11.8 Å². The summed E-state index contributed by atoms with van der Waals surface area (Å²) in [6.45, 7) is 2.31. The molecule has 30 heavy (non-hydrogen) atoms. The predicted octanol–water partition coefficient (Wildman–Crippen LogP) is 2.13. The van der Waals surface area contributed by atoms with E-state index in [-0.39, 0.29) is 24.0 Å². The van der Waals surface area contributed by atoms with Crippen molar-refractivity contribution in [2.24, 2.45) is 14.1 Å². The molecule has 0 aliphatic heterocycles. The number of benzene rings is 1. The first-order valence-corrected chi connectivity index (χ1v) is 10.5. The number of pyridine rings is 1. The number of carbonyl (C=O) groups is 1. The Labute approximate surface area is 176 Å². The Kier molecular flexibility index (Phi) is 6.71. The summed E-state index contributed by atoms with van der Waals surface area (Å²) in [5.74, 6) is -0.439. The Hall–Kier alpha value is -2.94. The minimum atomic E-state index is -0.448. The SMILES string of the molecule is CCCc1cnc2c(c1SCC(=O)NCc1ccc(F)cc1)c(=O)n(C)c(=O)n2C. The van der Waals surface area contributed by atoms with Crippen LogP contribution in [0.1, 0.15) is 24.5 Å². The Morgan fingerprint density at radius 1 is 1.17 bits per heavy atom. The monoisotopic (exact) mass is 430 g/mol. The molecule has 0 bridgehead atoms. The van der Waals surface area contributed by atoms with Crippen LogP contribution in [0.5, 0.6) is 0 Å². The van der Waals surface area contributed by atoms with E-state index in [0.29, 0.717) is 22.3 Å². The van der Waals surface area contributed by atoms with Crippen LogP contribution in [0.15, 0.2) is 44.9 Å². The maximum absolute atomic E-state index is 13.0. The molecule has 0 saturated carbocycles. The number of nitrogens with zero attached hydrogens (tertiary/aromatic N) is 3.